The first-order valence-electron chi connectivity index (χ1n) is 7.17. The fraction of sp³-hybridized carbons (Fsp3) is 0.0588. The zero-order chi connectivity index (χ0) is 16.9. The van der Waals surface area contributed by atoms with Crippen molar-refractivity contribution in [3.63, 3.8) is 0 Å². The van der Waals surface area contributed by atoms with Crippen molar-refractivity contribution in [1.82, 2.24) is 9.97 Å². The SMILES string of the molecule is CC(=O)Nc1cccc(C(=O)Nc2nc(-c3ccncc3)cs2)c1. The molecule has 0 saturated carbocycles. The molecule has 0 radical (unpaired) electrons. The fourth-order valence-corrected chi connectivity index (χ4v) is 2.81. The minimum absolute atomic E-state index is 0.186. The molecule has 24 heavy (non-hydrogen) atoms. The third-order valence-corrected chi connectivity index (χ3v) is 3.90. The third-order valence-electron chi connectivity index (χ3n) is 3.15. The van der Waals surface area contributed by atoms with E-state index < -0.39 is 0 Å². The highest BCUT2D eigenvalue weighted by molar-refractivity contribution is 7.14. The van der Waals surface area contributed by atoms with Crippen molar-refractivity contribution in [3.8, 4) is 11.3 Å². The van der Waals surface area contributed by atoms with Gasteiger partial charge in [-0.05, 0) is 30.3 Å². The van der Waals surface area contributed by atoms with Gasteiger partial charge in [0.1, 0.15) is 0 Å². The van der Waals surface area contributed by atoms with Gasteiger partial charge >= 0.3 is 0 Å². The zero-order valence-electron chi connectivity index (χ0n) is 12.8. The molecule has 0 bridgehead atoms. The van der Waals surface area contributed by atoms with Crippen LogP contribution in [0.25, 0.3) is 11.3 Å². The Hall–Kier alpha value is -3.06. The number of pyridine rings is 1. The van der Waals surface area contributed by atoms with Crippen LogP contribution in [0.4, 0.5) is 10.8 Å². The van der Waals surface area contributed by atoms with Crippen molar-refractivity contribution in [1.29, 1.82) is 0 Å². The lowest BCUT2D eigenvalue weighted by molar-refractivity contribution is -0.114. The lowest BCUT2D eigenvalue weighted by atomic mass is 10.2. The molecule has 2 amide bonds. The maximum Gasteiger partial charge on any atom is 0.257 e. The smallest absolute Gasteiger partial charge is 0.257 e. The maximum absolute atomic E-state index is 12.3. The normalized spacial score (nSPS) is 10.2. The molecule has 3 aromatic rings. The molecule has 0 spiro atoms. The molecule has 0 aliphatic heterocycles. The Kier molecular flexibility index (Phi) is 4.62. The molecule has 2 heterocycles. The molecule has 0 saturated heterocycles. The van der Waals surface area contributed by atoms with Gasteiger partial charge < -0.3 is 5.32 Å². The third kappa shape index (κ3) is 3.82. The number of anilines is 2. The molecular weight excluding hydrogens is 324 g/mol. The molecule has 0 fully saturated rings. The molecule has 7 heteroatoms. The Morgan fingerprint density at radius 2 is 1.88 bits per heavy atom. The molecule has 3 rings (SSSR count). The molecule has 2 N–H and O–H groups in total. The molecule has 2 aromatic heterocycles. The van der Waals surface area contributed by atoms with Gasteiger partial charge in [-0.25, -0.2) is 4.98 Å². The van der Waals surface area contributed by atoms with Crippen molar-refractivity contribution >= 4 is 34.0 Å². The maximum atomic E-state index is 12.3. The number of amides is 2. The molecular formula is C17H14N4O2S. The van der Waals surface area contributed by atoms with Gasteiger partial charge in [-0.1, -0.05) is 6.07 Å². The van der Waals surface area contributed by atoms with Crippen molar-refractivity contribution in [3.05, 3.63) is 59.7 Å². The van der Waals surface area contributed by atoms with E-state index in [0.29, 0.717) is 16.4 Å². The summed E-state index contributed by atoms with van der Waals surface area (Å²) in [5.41, 5.74) is 2.74. The van der Waals surface area contributed by atoms with Gasteiger partial charge in [-0.15, -0.1) is 11.3 Å². The number of nitrogens with zero attached hydrogens (tertiary/aromatic N) is 2. The van der Waals surface area contributed by atoms with Crippen LogP contribution in [-0.4, -0.2) is 21.8 Å². The van der Waals surface area contributed by atoms with E-state index in [2.05, 4.69) is 20.6 Å². The average molecular weight is 338 g/mol. The highest BCUT2D eigenvalue weighted by Gasteiger charge is 2.11. The van der Waals surface area contributed by atoms with E-state index in [9.17, 15) is 9.59 Å². The predicted molar refractivity (Wildman–Crippen MR) is 94.0 cm³/mol. The summed E-state index contributed by atoms with van der Waals surface area (Å²) in [6.07, 6.45) is 3.39. The molecule has 6 nitrogen and oxygen atoms in total. The minimum Gasteiger partial charge on any atom is -0.326 e. The Morgan fingerprint density at radius 3 is 2.62 bits per heavy atom. The van der Waals surface area contributed by atoms with E-state index in [1.807, 2.05) is 17.5 Å². The molecule has 0 atom stereocenters. The summed E-state index contributed by atoms with van der Waals surface area (Å²) in [5, 5.41) is 7.81. The summed E-state index contributed by atoms with van der Waals surface area (Å²) in [6, 6.07) is 10.5. The van der Waals surface area contributed by atoms with Crippen LogP contribution in [0.5, 0.6) is 0 Å². The van der Waals surface area contributed by atoms with E-state index in [1.54, 1.807) is 36.7 Å². The largest absolute Gasteiger partial charge is 0.326 e. The first-order valence-corrected chi connectivity index (χ1v) is 8.05. The number of rotatable bonds is 4. The van der Waals surface area contributed by atoms with E-state index in [-0.39, 0.29) is 11.8 Å². The lowest BCUT2D eigenvalue weighted by Gasteiger charge is -2.05. The number of benzene rings is 1. The van der Waals surface area contributed by atoms with Crippen LogP contribution < -0.4 is 10.6 Å². The number of aromatic nitrogens is 2. The second-order valence-electron chi connectivity index (χ2n) is 4.99. The Balaban J connectivity index is 1.73. The molecule has 0 aliphatic carbocycles. The summed E-state index contributed by atoms with van der Waals surface area (Å²) in [5.74, 6) is -0.465. The Bertz CT molecular complexity index is 877. The van der Waals surface area contributed by atoms with Crippen molar-refractivity contribution in [2.75, 3.05) is 10.6 Å². The summed E-state index contributed by atoms with van der Waals surface area (Å²) >= 11 is 1.35. The van der Waals surface area contributed by atoms with Crippen LogP contribution in [0.1, 0.15) is 17.3 Å². The Labute approximate surface area is 142 Å². The van der Waals surface area contributed by atoms with Crippen LogP contribution >= 0.6 is 11.3 Å². The summed E-state index contributed by atoms with van der Waals surface area (Å²) < 4.78 is 0. The van der Waals surface area contributed by atoms with Gasteiger partial charge in [-0.3, -0.25) is 19.9 Å². The number of nitrogens with one attached hydrogen (secondary N) is 2. The van der Waals surface area contributed by atoms with Gasteiger partial charge in [0.05, 0.1) is 5.69 Å². The second-order valence-corrected chi connectivity index (χ2v) is 5.85. The summed E-state index contributed by atoms with van der Waals surface area (Å²) in [6.45, 7) is 1.42. The minimum atomic E-state index is -0.280. The van der Waals surface area contributed by atoms with Crippen LogP contribution in [0.2, 0.25) is 0 Å². The van der Waals surface area contributed by atoms with Crippen molar-refractivity contribution in [2.24, 2.45) is 0 Å². The number of thiazole rings is 1. The van der Waals surface area contributed by atoms with Gasteiger partial charge in [0.25, 0.3) is 5.91 Å². The topological polar surface area (TPSA) is 84.0 Å². The average Bonchev–Trinajstić information content (AvgIpc) is 3.04. The first kappa shape index (κ1) is 15.8. The molecule has 0 aliphatic rings. The van der Waals surface area contributed by atoms with Crippen LogP contribution in [0.15, 0.2) is 54.2 Å². The number of carbonyl (C=O) groups is 2. The zero-order valence-corrected chi connectivity index (χ0v) is 13.6. The highest BCUT2D eigenvalue weighted by atomic mass is 32.1. The molecule has 0 unspecified atom stereocenters. The summed E-state index contributed by atoms with van der Waals surface area (Å²) in [7, 11) is 0. The van der Waals surface area contributed by atoms with Crippen LogP contribution in [0, 0.1) is 0 Å². The van der Waals surface area contributed by atoms with Gasteiger partial charge in [0.2, 0.25) is 5.91 Å². The van der Waals surface area contributed by atoms with Gasteiger partial charge in [0.15, 0.2) is 5.13 Å². The molecule has 1 aromatic carbocycles. The predicted octanol–water partition coefficient (Wildman–Crippen LogP) is 3.42. The standard InChI is InChI=1S/C17H14N4O2S/c1-11(22)19-14-4-2-3-13(9-14)16(23)21-17-20-15(10-24-17)12-5-7-18-8-6-12/h2-10H,1H3,(H,19,22)(H,20,21,23). The van der Waals surface area contributed by atoms with Crippen molar-refractivity contribution in [2.45, 2.75) is 6.92 Å². The molecule has 120 valence electrons. The number of carbonyl (C=O) groups excluding carboxylic acids is 2. The van der Waals surface area contributed by atoms with E-state index >= 15 is 0 Å². The number of hydrogen-bond donors (Lipinski definition) is 2. The van der Waals surface area contributed by atoms with Gasteiger partial charge in [-0.2, -0.15) is 0 Å². The highest BCUT2D eigenvalue weighted by Crippen LogP contribution is 2.24. The second kappa shape index (κ2) is 7.01. The summed E-state index contributed by atoms with van der Waals surface area (Å²) in [4.78, 5) is 31.8. The van der Waals surface area contributed by atoms with Gasteiger partial charge in [0, 0.05) is 41.5 Å². The van der Waals surface area contributed by atoms with Crippen molar-refractivity contribution < 1.29 is 9.59 Å². The van der Waals surface area contributed by atoms with E-state index in [1.165, 1.54) is 18.3 Å². The monoisotopic (exact) mass is 338 g/mol. The lowest BCUT2D eigenvalue weighted by Crippen LogP contribution is -2.13. The quantitative estimate of drug-likeness (QED) is 0.763. The van der Waals surface area contributed by atoms with Crippen LogP contribution in [-0.2, 0) is 4.79 Å². The first-order chi connectivity index (χ1) is 11.6. The Morgan fingerprint density at radius 1 is 1.08 bits per heavy atom. The van der Waals surface area contributed by atoms with E-state index in [4.69, 9.17) is 0 Å². The van der Waals surface area contributed by atoms with E-state index in [0.717, 1.165) is 11.3 Å². The van der Waals surface area contributed by atoms with Crippen LogP contribution in [0.3, 0.4) is 0 Å². The number of hydrogen-bond acceptors (Lipinski definition) is 5. The fourth-order valence-electron chi connectivity index (χ4n) is 2.10.